The first-order chi connectivity index (χ1) is 42.9. The van der Waals surface area contributed by atoms with Gasteiger partial charge in [0.15, 0.2) is 8.07 Å². The summed E-state index contributed by atoms with van der Waals surface area (Å²) in [6, 6.07) is 103. The second kappa shape index (κ2) is 23.5. The van der Waals surface area contributed by atoms with Gasteiger partial charge in [0.2, 0.25) is 0 Å². The zero-order valence-corrected chi connectivity index (χ0v) is 53.6. The summed E-state index contributed by atoms with van der Waals surface area (Å²) >= 11 is 0. The minimum absolute atomic E-state index is 0.727. The van der Waals surface area contributed by atoms with Crippen molar-refractivity contribution < 1.29 is 0 Å². The summed E-state index contributed by atoms with van der Waals surface area (Å²) in [5, 5.41) is 3.48. The maximum absolute atomic E-state index is 4.42. The molecule has 88 heavy (non-hydrogen) atoms. The van der Waals surface area contributed by atoms with Gasteiger partial charge in [-0.2, -0.15) is 0 Å². The van der Waals surface area contributed by atoms with Crippen molar-refractivity contribution in [2.45, 2.75) is 74.3 Å². The lowest BCUT2D eigenvalue weighted by Crippen LogP contribution is -2.75. The highest BCUT2D eigenvalue weighted by molar-refractivity contribution is 7.18. The molecule has 0 saturated heterocycles. The number of hydrogen-bond donors (Lipinski definition) is 0. The molecule has 0 heterocycles. The van der Waals surface area contributed by atoms with E-state index in [1.165, 1.54) is 166 Å². The Balaban J connectivity index is 1.54. The van der Waals surface area contributed by atoms with E-state index in [9.17, 15) is 0 Å². The number of hydrogen-bond acceptors (Lipinski definition) is 0. The van der Waals surface area contributed by atoms with Crippen molar-refractivity contribution in [3.8, 4) is 100 Å². The van der Waals surface area contributed by atoms with Gasteiger partial charge in [-0.15, -0.1) is 0 Å². The highest BCUT2D eigenvalue weighted by Crippen LogP contribution is 2.60. The molecule has 0 radical (unpaired) electrons. The fourth-order valence-electron chi connectivity index (χ4n) is 15.5. The van der Waals surface area contributed by atoms with E-state index in [1.54, 1.807) is 0 Å². The lowest BCUT2D eigenvalue weighted by molar-refractivity contribution is 0.870. The fourth-order valence-corrected chi connectivity index (χ4v) is 23.0. The van der Waals surface area contributed by atoms with Gasteiger partial charge in [-0.3, -0.25) is 0 Å². The summed E-state index contributed by atoms with van der Waals surface area (Å²) in [5.74, 6) is 0. The van der Waals surface area contributed by atoms with Gasteiger partial charge in [0.1, 0.15) is 0 Å². The summed E-state index contributed by atoms with van der Waals surface area (Å²) in [6.07, 6.45) is 2.78. The van der Waals surface area contributed by atoms with E-state index in [4.69, 9.17) is 0 Å². The Morgan fingerprint density at radius 2 is 0.386 bits per heavy atom. The van der Waals surface area contributed by atoms with Gasteiger partial charge in [-0.1, -0.05) is 297 Å². The first kappa shape index (κ1) is 57.4. The van der Waals surface area contributed by atoms with Gasteiger partial charge in [-0.05, 0) is 217 Å². The van der Waals surface area contributed by atoms with Crippen LogP contribution in [-0.2, 0) is 0 Å². The molecule has 12 aromatic rings. The molecule has 0 fully saturated rings. The molecule has 0 amide bonds. The van der Waals surface area contributed by atoms with Crippen LogP contribution < -0.4 is 15.6 Å². The molecule has 0 saturated carbocycles. The molecular formula is C87H76Si. The minimum Gasteiger partial charge on any atom is -0.0730 e. The Hall–Kier alpha value is -9.66. The van der Waals surface area contributed by atoms with Crippen LogP contribution in [-0.4, -0.2) is 8.07 Å². The van der Waals surface area contributed by atoms with Crippen LogP contribution in [0, 0.1) is 41.5 Å². The molecule has 13 rings (SSSR count). The van der Waals surface area contributed by atoms with Gasteiger partial charge in [0, 0.05) is 5.04 Å². The van der Waals surface area contributed by atoms with Crippen molar-refractivity contribution in [2.24, 2.45) is 0 Å². The molecule has 1 atom stereocenters. The molecule has 0 bridgehead atoms. The van der Waals surface area contributed by atoms with Crippen molar-refractivity contribution in [3.05, 3.63) is 329 Å². The first-order valence-corrected chi connectivity index (χ1v) is 33.3. The first-order valence-electron chi connectivity index (χ1n) is 31.3. The van der Waals surface area contributed by atoms with E-state index in [0.29, 0.717) is 0 Å². The van der Waals surface area contributed by atoms with Crippen LogP contribution in [0.2, 0.25) is 5.04 Å². The van der Waals surface area contributed by atoms with Crippen LogP contribution in [0.25, 0.3) is 100 Å². The van der Waals surface area contributed by atoms with E-state index < -0.39 is 13.1 Å². The van der Waals surface area contributed by atoms with Crippen LogP contribution in [0.5, 0.6) is 0 Å². The van der Waals surface area contributed by atoms with E-state index in [1.807, 2.05) is 0 Å². The maximum atomic E-state index is 2.78. The molecule has 12 aromatic carbocycles. The second-order valence-corrected chi connectivity index (χ2v) is 28.6. The average Bonchev–Trinajstić information content (AvgIpc) is 0.982. The molecule has 0 nitrogen and oxygen atoms in total. The Kier molecular flexibility index (Phi) is 15.4. The Labute approximate surface area is 524 Å². The highest BCUT2D eigenvalue weighted by Gasteiger charge is 2.62. The third-order valence-electron chi connectivity index (χ3n) is 20.1. The van der Waals surface area contributed by atoms with Crippen molar-refractivity contribution >= 4 is 23.6 Å². The van der Waals surface area contributed by atoms with Gasteiger partial charge in [0.25, 0.3) is 0 Å². The third-order valence-corrected chi connectivity index (χ3v) is 25.9. The normalized spacial score (nSPS) is 14.1. The monoisotopic (exact) mass is 1150 g/mol. The Morgan fingerprint density at radius 3 is 0.568 bits per heavy atom. The molecule has 0 N–H and O–H groups in total. The average molecular weight is 1150 g/mol. The van der Waals surface area contributed by atoms with Gasteiger partial charge < -0.3 is 0 Å². The Morgan fingerprint density at radius 1 is 0.216 bits per heavy atom. The van der Waals surface area contributed by atoms with E-state index in [2.05, 4.69) is 348 Å². The summed E-state index contributed by atoms with van der Waals surface area (Å²) in [4.78, 5) is 0. The number of benzene rings is 12. The zero-order valence-electron chi connectivity index (χ0n) is 52.6. The molecule has 1 aliphatic carbocycles. The van der Waals surface area contributed by atoms with Gasteiger partial charge in [-0.25, -0.2) is 0 Å². The SMILES string of the molecule is CC1=CC(C)([Si](c2c(-c3ccccc3)c(C)c(C)c(-c3ccccc3)c2-c2ccccc2)(c2c(-c3ccccc3)c(C)c(C)c(-c3ccccc3)c2-c2ccccc2)c2c(-c3ccccc3)c(C)c(C)c(-c3ccccc3)c2-c2ccccc2)C(C)=C1C. The second-order valence-electron chi connectivity index (χ2n) is 24.6. The molecule has 428 valence electrons. The molecule has 0 aromatic heterocycles. The van der Waals surface area contributed by atoms with E-state index >= 15 is 0 Å². The Bertz CT molecular complexity index is 4190. The predicted molar refractivity (Wildman–Crippen MR) is 382 cm³/mol. The number of rotatable bonds is 13. The number of allylic oxidation sites excluding steroid dienone is 4. The summed E-state index contributed by atoms with van der Waals surface area (Å²) in [6.45, 7) is 24.6. The highest BCUT2D eigenvalue weighted by atomic mass is 28.3. The van der Waals surface area contributed by atoms with E-state index in [-0.39, 0.29) is 0 Å². The quantitative estimate of drug-likeness (QED) is 0.0797. The lowest BCUT2D eigenvalue weighted by atomic mass is 9.83. The molecule has 1 heteroatoms. The summed E-state index contributed by atoms with van der Waals surface area (Å²) in [5.41, 5.74) is 34.0. The lowest BCUT2D eigenvalue weighted by Gasteiger charge is -2.53. The van der Waals surface area contributed by atoms with Crippen LogP contribution in [0.15, 0.2) is 296 Å². The molecule has 1 aliphatic rings. The third kappa shape index (κ3) is 9.26. The summed E-state index contributed by atoms with van der Waals surface area (Å²) < 4.78 is 0. The maximum Gasteiger partial charge on any atom is 0.166 e. The molecule has 0 aliphatic heterocycles. The van der Waals surface area contributed by atoms with Gasteiger partial charge in [0.05, 0.1) is 0 Å². The molecular weight excluding hydrogens is 1070 g/mol. The zero-order chi connectivity index (χ0) is 60.8. The standard InChI is InChI=1S/C87H76Si/c1-57-56-87(10,65(9)58(57)2)88(84-78(69-44-26-14-27-45-69)62(6)59(3)75(66-38-20-11-21-39-66)81(84)72-50-32-17-33-51-72,85-79(70-46-28-15-29-47-70)63(7)60(4)76(67-40-22-12-23-41-67)82(85)73-52-34-18-35-53-73)86-80(71-48-30-16-31-49-71)64(8)61(5)77(68-42-24-13-25-43-68)83(86)74-54-36-19-37-55-74/h11-56H,1-10H3. The largest absolute Gasteiger partial charge is 0.166 e. The smallest absolute Gasteiger partial charge is 0.0730 e. The topological polar surface area (TPSA) is 0 Å². The van der Waals surface area contributed by atoms with Crippen molar-refractivity contribution in [2.75, 3.05) is 0 Å². The van der Waals surface area contributed by atoms with Crippen LogP contribution in [0.4, 0.5) is 0 Å². The molecule has 0 spiro atoms. The van der Waals surface area contributed by atoms with Crippen LogP contribution >= 0.6 is 0 Å². The molecule has 1 unspecified atom stereocenters. The fraction of sp³-hybridized carbons (Fsp3) is 0.126. The van der Waals surface area contributed by atoms with Crippen LogP contribution in [0.1, 0.15) is 61.1 Å². The van der Waals surface area contributed by atoms with Crippen molar-refractivity contribution in [1.29, 1.82) is 0 Å². The van der Waals surface area contributed by atoms with E-state index in [0.717, 1.165) is 0 Å². The van der Waals surface area contributed by atoms with Crippen molar-refractivity contribution in [1.82, 2.24) is 0 Å². The van der Waals surface area contributed by atoms with Crippen LogP contribution in [0.3, 0.4) is 0 Å². The minimum atomic E-state index is -4.42. The van der Waals surface area contributed by atoms with Gasteiger partial charge >= 0.3 is 0 Å². The summed E-state index contributed by atoms with van der Waals surface area (Å²) in [7, 11) is -4.42. The van der Waals surface area contributed by atoms with Crippen molar-refractivity contribution in [3.63, 3.8) is 0 Å². The predicted octanol–water partition coefficient (Wildman–Crippen LogP) is 22.1.